The lowest BCUT2D eigenvalue weighted by atomic mass is 10.0. The van der Waals surface area contributed by atoms with Gasteiger partial charge in [-0.1, -0.05) is 6.92 Å². The van der Waals surface area contributed by atoms with Gasteiger partial charge in [-0.25, -0.2) is 13.9 Å². The molecule has 0 bridgehead atoms. The second kappa shape index (κ2) is 12.7. The van der Waals surface area contributed by atoms with Crippen molar-refractivity contribution in [1.29, 1.82) is 0 Å². The van der Waals surface area contributed by atoms with E-state index >= 15 is 0 Å². The summed E-state index contributed by atoms with van der Waals surface area (Å²) in [6, 6.07) is -0.866. The van der Waals surface area contributed by atoms with Gasteiger partial charge in [0.05, 0.1) is 24.9 Å². The molecule has 1 aromatic heterocycles. The van der Waals surface area contributed by atoms with Crippen molar-refractivity contribution in [1.82, 2.24) is 14.9 Å². The Balaban J connectivity index is 1.95. The van der Waals surface area contributed by atoms with E-state index in [-0.39, 0.29) is 25.1 Å². The average Bonchev–Trinajstić information content (AvgIpc) is 2.73. The number of aryl methyl sites for hydroxylation is 1. The van der Waals surface area contributed by atoms with Crippen molar-refractivity contribution in [3.8, 4) is 0 Å². The zero-order chi connectivity index (χ0) is 27.3. The van der Waals surface area contributed by atoms with Gasteiger partial charge in [-0.15, -0.1) is 0 Å². The summed E-state index contributed by atoms with van der Waals surface area (Å²) >= 11 is 0. The minimum absolute atomic E-state index is 0.182. The number of aliphatic hydroxyl groups excluding tert-OH is 1. The van der Waals surface area contributed by atoms with E-state index in [1.165, 1.54) is 20.0 Å². The number of carbonyl (C=O) groups is 1. The maximum atomic E-state index is 12.3. The van der Waals surface area contributed by atoms with Gasteiger partial charge in [-0.2, -0.15) is 4.31 Å². The van der Waals surface area contributed by atoms with Gasteiger partial charge in [-0.3, -0.25) is 28.2 Å². The van der Waals surface area contributed by atoms with E-state index in [9.17, 15) is 38.4 Å². The Labute approximate surface area is 205 Å². The number of rotatable bonds is 12. The lowest BCUT2D eigenvalue weighted by Crippen LogP contribution is -2.55. The zero-order valence-corrected chi connectivity index (χ0v) is 21.8. The number of aromatic nitrogens is 2. The minimum atomic E-state index is -5.31. The summed E-state index contributed by atoms with van der Waals surface area (Å²) < 4.78 is 50.1. The SMILES string of the molecule is CC[C@@H](COP(=O)(O)OP(=O)(O)O[C@H]1OC(C)CC(NC(C)=O)C1O)OCn1cc(C)c(=O)[nH]c1=O. The van der Waals surface area contributed by atoms with Crippen LogP contribution in [0.15, 0.2) is 15.8 Å². The maximum absolute atomic E-state index is 12.3. The normalized spacial score (nSPS) is 26.5. The molecule has 0 radical (unpaired) electrons. The number of hydrogen-bond donors (Lipinski definition) is 5. The van der Waals surface area contributed by atoms with E-state index < -0.39 is 70.1 Å². The summed E-state index contributed by atoms with van der Waals surface area (Å²) in [6.45, 7) is 5.02. The second-order valence-electron chi connectivity index (χ2n) is 8.14. The van der Waals surface area contributed by atoms with Crippen LogP contribution in [-0.4, -0.2) is 67.6 Å². The van der Waals surface area contributed by atoms with Gasteiger partial charge < -0.3 is 29.7 Å². The molecule has 1 saturated heterocycles. The summed E-state index contributed by atoms with van der Waals surface area (Å²) in [5.74, 6) is -0.461. The topological polar surface area (TPSA) is 225 Å². The molecule has 36 heavy (non-hydrogen) atoms. The molecule has 2 heterocycles. The molecule has 1 fully saturated rings. The van der Waals surface area contributed by atoms with Gasteiger partial charge in [-0.05, 0) is 26.7 Å². The van der Waals surface area contributed by atoms with Crippen molar-refractivity contribution >= 4 is 21.6 Å². The Hall–Kier alpha value is -1.71. The van der Waals surface area contributed by atoms with Gasteiger partial charge in [0, 0.05) is 18.7 Å². The van der Waals surface area contributed by atoms with Crippen LogP contribution in [0.2, 0.25) is 0 Å². The van der Waals surface area contributed by atoms with Crippen LogP contribution in [0.25, 0.3) is 0 Å². The van der Waals surface area contributed by atoms with Gasteiger partial charge in [0.1, 0.15) is 12.8 Å². The van der Waals surface area contributed by atoms with E-state index in [1.807, 2.05) is 0 Å². The van der Waals surface area contributed by atoms with Crippen molar-refractivity contribution in [2.24, 2.45) is 0 Å². The number of nitrogens with zero attached hydrogens (tertiary/aromatic N) is 1. The molecule has 0 aliphatic carbocycles. The molecular weight excluding hydrogens is 528 g/mol. The number of nitrogens with one attached hydrogen (secondary N) is 2. The van der Waals surface area contributed by atoms with E-state index in [4.69, 9.17) is 18.5 Å². The van der Waals surface area contributed by atoms with Gasteiger partial charge >= 0.3 is 21.3 Å². The third-order valence-corrected chi connectivity index (χ3v) is 7.59. The Bertz CT molecular complexity index is 1120. The number of aliphatic hydroxyl groups is 1. The molecule has 206 valence electrons. The highest BCUT2D eigenvalue weighted by molar-refractivity contribution is 7.61. The number of phosphoric ester groups is 2. The fraction of sp³-hybridized carbons (Fsp3) is 0.722. The molecule has 0 saturated carbocycles. The molecule has 18 heteroatoms. The average molecular weight is 559 g/mol. The van der Waals surface area contributed by atoms with Gasteiger partial charge in [0.15, 0.2) is 6.29 Å². The Kier molecular flexibility index (Phi) is 10.8. The van der Waals surface area contributed by atoms with Crippen LogP contribution in [0, 0.1) is 6.92 Å². The fourth-order valence-electron chi connectivity index (χ4n) is 3.21. The smallest absolute Gasteiger partial charge is 0.386 e. The van der Waals surface area contributed by atoms with Crippen LogP contribution in [-0.2, 0) is 43.5 Å². The first-order chi connectivity index (χ1) is 16.6. The Morgan fingerprint density at radius 3 is 2.61 bits per heavy atom. The molecular formula is C18H31N3O13P2. The van der Waals surface area contributed by atoms with Crippen LogP contribution in [0.4, 0.5) is 0 Å². The summed E-state index contributed by atoms with van der Waals surface area (Å²) in [7, 11) is -10.5. The molecule has 16 nitrogen and oxygen atoms in total. The highest BCUT2D eigenvalue weighted by Crippen LogP contribution is 2.61. The van der Waals surface area contributed by atoms with Crippen LogP contribution in [0.1, 0.15) is 39.2 Å². The van der Waals surface area contributed by atoms with Crippen LogP contribution >= 0.6 is 15.6 Å². The summed E-state index contributed by atoms with van der Waals surface area (Å²) in [5, 5.41) is 12.7. The molecule has 7 atom stereocenters. The Morgan fingerprint density at radius 2 is 2.00 bits per heavy atom. The predicted molar refractivity (Wildman–Crippen MR) is 122 cm³/mol. The molecule has 1 amide bonds. The third-order valence-electron chi connectivity index (χ3n) is 4.99. The first kappa shape index (κ1) is 30.5. The van der Waals surface area contributed by atoms with Crippen LogP contribution in [0.5, 0.6) is 0 Å². The van der Waals surface area contributed by atoms with E-state index in [0.717, 1.165) is 4.57 Å². The van der Waals surface area contributed by atoms with Gasteiger partial charge in [0.25, 0.3) is 5.56 Å². The zero-order valence-electron chi connectivity index (χ0n) is 20.1. The predicted octanol–water partition coefficient (Wildman–Crippen LogP) is -0.151. The third kappa shape index (κ3) is 9.30. The van der Waals surface area contributed by atoms with Gasteiger partial charge in [0.2, 0.25) is 5.91 Å². The minimum Gasteiger partial charge on any atom is -0.386 e. The first-order valence-corrected chi connectivity index (χ1v) is 13.8. The largest absolute Gasteiger partial charge is 0.483 e. The fourth-order valence-corrected chi connectivity index (χ4v) is 5.39. The van der Waals surface area contributed by atoms with Crippen LogP contribution in [0.3, 0.4) is 0 Å². The highest BCUT2D eigenvalue weighted by Gasteiger charge is 2.44. The van der Waals surface area contributed by atoms with E-state index in [2.05, 4.69) is 14.6 Å². The molecule has 5 N–H and O–H groups in total. The van der Waals surface area contributed by atoms with Crippen molar-refractivity contribution < 1.29 is 51.6 Å². The molecule has 1 aliphatic rings. The van der Waals surface area contributed by atoms with Crippen molar-refractivity contribution in [3.63, 3.8) is 0 Å². The lowest BCUT2D eigenvalue weighted by Gasteiger charge is -2.38. The van der Waals surface area contributed by atoms with Crippen molar-refractivity contribution in [3.05, 3.63) is 32.6 Å². The number of aromatic amines is 1. The quantitative estimate of drug-likeness (QED) is 0.210. The van der Waals surface area contributed by atoms with Crippen molar-refractivity contribution in [2.45, 2.75) is 77.9 Å². The Morgan fingerprint density at radius 1 is 1.33 bits per heavy atom. The number of amides is 1. The summed E-state index contributed by atoms with van der Waals surface area (Å²) in [4.78, 5) is 56.5. The van der Waals surface area contributed by atoms with Crippen molar-refractivity contribution in [2.75, 3.05) is 6.61 Å². The molecule has 1 aromatic rings. The number of carbonyl (C=O) groups excluding carboxylic acids is 1. The monoisotopic (exact) mass is 559 g/mol. The number of H-pyrrole nitrogens is 1. The molecule has 0 spiro atoms. The molecule has 1 aliphatic heterocycles. The maximum Gasteiger partial charge on any atom is 0.483 e. The summed E-state index contributed by atoms with van der Waals surface area (Å²) in [5.41, 5.74) is -1.01. The number of ether oxygens (including phenoxy) is 2. The molecule has 0 aromatic carbocycles. The van der Waals surface area contributed by atoms with E-state index in [0.29, 0.717) is 0 Å². The molecule has 2 rings (SSSR count). The standard InChI is InChI=1S/C18H31N3O13P2/c1-5-13(30-9-21-7-10(2)16(24)20-18(21)25)8-31-35(26,27)34-36(28,29)33-17-15(23)14(19-12(4)22)6-11(3)32-17/h7,11,13-15,17,23H,5-6,8-9H2,1-4H3,(H,19,22)(H,26,27)(H,28,29)(H,20,24,25)/t11?,13-,14?,15?,17+/m0/s1. The summed E-state index contributed by atoms with van der Waals surface area (Å²) in [6.07, 6.45) is -3.09. The lowest BCUT2D eigenvalue weighted by molar-refractivity contribution is -0.212. The van der Waals surface area contributed by atoms with Crippen LogP contribution < -0.4 is 16.6 Å². The molecule has 5 unspecified atom stereocenters. The highest BCUT2D eigenvalue weighted by atomic mass is 31.3. The number of phosphoric acid groups is 2. The first-order valence-electron chi connectivity index (χ1n) is 10.8. The van der Waals surface area contributed by atoms with E-state index in [1.54, 1.807) is 13.8 Å². The number of hydrogen-bond acceptors (Lipinski definition) is 11. The second-order valence-corrected chi connectivity index (χ2v) is 11.1.